The maximum absolute atomic E-state index is 0. The molecule has 0 amide bonds. The first-order valence-corrected chi connectivity index (χ1v) is 0. The van der Waals surface area contributed by atoms with Crippen molar-refractivity contribution in [2.75, 3.05) is 0 Å². The molecule has 0 fully saturated rings. The van der Waals surface area contributed by atoms with Crippen LogP contribution in [-0.4, -0.2) is 0 Å². The summed E-state index contributed by atoms with van der Waals surface area (Å²) in [5, 5.41) is 0. The van der Waals surface area contributed by atoms with Gasteiger partial charge in [-0.05, 0) is 0 Å². The van der Waals surface area contributed by atoms with Gasteiger partial charge in [0.1, 0.15) is 0 Å². The van der Waals surface area contributed by atoms with Crippen molar-refractivity contribution in [1.82, 2.24) is 0 Å². The van der Waals surface area contributed by atoms with Crippen LogP contribution < -0.4 is 0 Å². The van der Waals surface area contributed by atoms with Gasteiger partial charge in [-0.2, -0.15) is 0 Å². The van der Waals surface area contributed by atoms with Crippen LogP contribution in [0.15, 0.2) is 0 Å². The van der Waals surface area contributed by atoms with Gasteiger partial charge >= 0.3 is 32.7 Å². The van der Waals surface area contributed by atoms with Gasteiger partial charge < -0.3 is 37.1 Å². The van der Waals surface area contributed by atoms with Crippen molar-refractivity contribution < 1.29 is 65.4 Å². The van der Waals surface area contributed by atoms with Gasteiger partial charge in [-0.15, -0.1) is 0 Å². The molecule has 0 rings (SSSR count). The summed E-state index contributed by atoms with van der Waals surface area (Å²) in [7, 11) is 0. The molecule has 0 nitrogen and oxygen atoms in total. The van der Waals surface area contributed by atoms with Crippen LogP contribution in [0.3, 0.4) is 0 Å². The summed E-state index contributed by atoms with van der Waals surface area (Å²) in [6.45, 7) is 0. The summed E-state index contributed by atoms with van der Waals surface area (Å²) in [6, 6.07) is 0. The minimum atomic E-state index is 0. The van der Waals surface area contributed by atoms with Gasteiger partial charge in [-0.1, -0.05) is 0 Å². The van der Waals surface area contributed by atoms with E-state index in [-0.39, 0.29) is 103 Å². The molecule has 0 bridgehead atoms. The Hall–Kier alpha value is 2.21. The SMILES string of the molecule is [CH-].[CH-].[CH3-].[CH3-].[CH3-].[Y+3].[Y]. The smallest absolute Gasteiger partial charge is 0.726 e. The zero-order valence-electron chi connectivity index (χ0n) is 5.31. The predicted octanol–water partition coefficient (Wildman–Crippen LogP) is 1.75. The number of rotatable bonds is 0. The van der Waals surface area contributed by atoms with E-state index < -0.39 is 0 Å². The van der Waals surface area contributed by atoms with Crippen molar-refractivity contribution in [2.45, 2.75) is 0 Å². The Kier molecular flexibility index (Phi) is 1590. The second-order valence-corrected chi connectivity index (χ2v) is 0. The van der Waals surface area contributed by atoms with Gasteiger partial charge in [0, 0.05) is 32.7 Å². The van der Waals surface area contributed by atoms with E-state index >= 15 is 0 Å². The van der Waals surface area contributed by atoms with Gasteiger partial charge in [0.25, 0.3) is 0 Å². The molecule has 0 heterocycles. The van der Waals surface area contributed by atoms with Crippen LogP contribution in [0.1, 0.15) is 0 Å². The van der Waals surface area contributed by atoms with Crippen LogP contribution in [0.2, 0.25) is 0 Å². The van der Waals surface area contributed by atoms with Crippen molar-refractivity contribution in [3.05, 3.63) is 37.1 Å². The maximum Gasteiger partial charge on any atom is 3.00 e. The van der Waals surface area contributed by atoms with E-state index in [1.165, 1.54) is 0 Å². The maximum atomic E-state index is 0. The molecule has 0 spiro atoms. The van der Waals surface area contributed by atoms with Crippen molar-refractivity contribution in [2.24, 2.45) is 0 Å². The van der Waals surface area contributed by atoms with Crippen LogP contribution in [0.5, 0.6) is 0 Å². The normalized spacial score (nSPS) is 0. The molecule has 0 aliphatic rings. The minimum absolute atomic E-state index is 0. The molecule has 0 aliphatic heterocycles. The Morgan fingerprint density at radius 2 is 0.571 bits per heavy atom. The molecule has 0 unspecified atom stereocenters. The van der Waals surface area contributed by atoms with Crippen LogP contribution in [0, 0.1) is 37.1 Å². The standard InChI is InChI=1S/3CH3.2CH.2Y/h3*1H3;2*1H;;/q5*-1;;+3. The van der Waals surface area contributed by atoms with Crippen molar-refractivity contribution in [1.29, 1.82) is 0 Å². The third-order valence-corrected chi connectivity index (χ3v) is 0. The van der Waals surface area contributed by atoms with Gasteiger partial charge in [-0.3, -0.25) is 0 Å². The van der Waals surface area contributed by atoms with Gasteiger partial charge in [0.15, 0.2) is 0 Å². The van der Waals surface area contributed by atoms with E-state index in [1.54, 1.807) is 0 Å². The molecule has 0 aliphatic carbocycles. The Morgan fingerprint density at radius 1 is 0.571 bits per heavy atom. The summed E-state index contributed by atoms with van der Waals surface area (Å²) < 4.78 is 0. The summed E-state index contributed by atoms with van der Waals surface area (Å²) >= 11 is 0. The topological polar surface area (TPSA) is 0 Å². The van der Waals surface area contributed by atoms with E-state index in [2.05, 4.69) is 0 Å². The largest absolute Gasteiger partial charge is 3.00 e. The molecule has 5 radical (unpaired) electrons. The Morgan fingerprint density at radius 3 is 0.571 bits per heavy atom. The van der Waals surface area contributed by atoms with Crippen LogP contribution in [0.25, 0.3) is 0 Å². The molecule has 0 aromatic carbocycles. The molecule has 39 valence electrons. The Balaban J connectivity index is 0. The molecular weight excluding hydrogens is 238 g/mol. The average Bonchev–Trinajstić information content (AvgIpc) is 0. The van der Waals surface area contributed by atoms with Crippen LogP contribution in [-0.2, 0) is 65.4 Å². The zero-order chi connectivity index (χ0) is 0. The summed E-state index contributed by atoms with van der Waals surface area (Å²) in [6.07, 6.45) is 0. The quantitative estimate of drug-likeness (QED) is 0.574. The van der Waals surface area contributed by atoms with E-state index in [0.717, 1.165) is 0 Å². The fraction of sp³-hybridized carbons (Fsp3) is 0. The van der Waals surface area contributed by atoms with Crippen molar-refractivity contribution >= 4 is 0 Å². The molecule has 0 N–H and O–H groups in total. The molecule has 0 saturated carbocycles. The molecule has 7 heavy (non-hydrogen) atoms. The Labute approximate surface area is 101 Å². The average molecular weight is 249 g/mol. The molecular formula is C5H11Y2-2. The van der Waals surface area contributed by atoms with E-state index in [4.69, 9.17) is 0 Å². The second-order valence-electron chi connectivity index (χ2n) is 0. The molecule has 0 atom stereocenters. The summed E-state index contributed by atoms with van der Waals surface area (Å²) in [5.74, 6) is 0. The first-order chi connectivity index (χ1) is 0. The van der Waals surface area contributed by atoms with Gasteiger partial charge in [0.05, 0.1) is 0 Å². The number of hydrogen-bond donors (Lipinski definition) is 0. The monoisotopic (exact) mass is 249 g/mol. The molecule has 0 aromatic rings. The molecule has 0 aromatic heterocycles. The summed E-state index contributed by atoms with van der Waals surface area (Å²) in [5.41, 5.74) is 0. The number of hydrogen-bond acceptors (Lipinski definition) is 0. The zero-order valence-corrected chi connectivity index (χ0v) is 11.0. The Bertz CT molecular complexity index is 6.04. The van der Waals surface area contributed by atoms with Crippen LogP contribution in [0.4, 0.5) is 0 Å². The van der Waals surface area contributed by atoms with E-state index in [1.807, 2.05) is 0 Å². The van der Waals surface area contributed by atoms with Crippen molar-refractivity contribution in [3.63, 3.8) is 0 Å². The first kappa shape index (κ1) is 127. The third kappa shape index (κ3) is 64.9. The minimum Gasteiger partial charge on any atom is -0.726 e. The first-order valence-electron chi connectivity index (χ1n) is 0. The van der Waals surface area contributed by atoms with Crippen molar-refractivity contribution in [3.8, 4) is 0 Å². The fourth-order valence-electron chi connectivity index (χ4n) is 0. The van der Waals surface area contributed by atoms with E-state index in [9.17, 15) is 0 Å². The van der Waals surface area contributed by atoms with Gasteiger partial charge in [0.2, 0.25) is 0 Å². The van der Waals surface area contributed by atoms with Crippen LogP contribution >= 0.6 is 0 Å². The second kappa shape index (κ2) is 87.5. The van der Waals surface area contributed by atoms with E-state index in [0.29, 0.717) is 0 Å². The van der Waals surface area contributed by atoms with Gasteiger partial charge in [-0.25, -0.2) is 0 Å². The molecule has 0 saturated heterocycles. The third-order valence-electron chi connectivity index (χ3n) is 0. The molecule has 2 heteroatoms. The summed E-state index contributed by atoms with van der Waals surface area (Å²) in [4.78, 5) is 0. The predicted molar refractivity (Wildman–Crippen MR) is 27.8 cm³/mol. The fourth-order valence-corrected chi connectivity index (χ4v) is 0.